The second kappa shape index (κ2) is 9.03. The molecule has 4 rings (SSSR count). The number of likely N-dealkylation sites (N-methyl/N-ethyl adjacent to an activating group) is 1. The number of carbonyl (C=O) groups excluding carboxylic acids is 2. The molecule has 12 heteroatoms. The molecule has 1 aromatic carbocycles. The summed E-state index contributed by atoms with van der Waals surface area (Å²) in [7, 11) is 2.03. The number of nitrogens with one attached hydrogen (secondary N) is 2. The highest BCUT2D eigenvalue weighted by atomic mass is 16.6. The number of hydrogen-bond acceptors (Lipinski definition) is 9. The summed E-state index contributed by atoms with van der Waals surface area (Å²) >= 11 is 0. The first-order chi connectivity index (χ1) is 16.1. The van der Waals surface area contributed by atoms with Crippen LogP contribution in [-0.2, 0) is 16.8 Å². The first kappa shape index (κ1) is 23.6. The number of nitro benzene ring substituents is 1. The van der Waals surface area contributed by atoms with Crippen LogP contribution in [0.4, 0.5) is 22.0 Å². The van der Waals surface area contributed by atoms with E-state index in [9.17, 15) is 19.7 Å². The molecule has 2 aliphatic rings. The summed E-state index contributed by atoms with van der Waals surface area (Å²) < 4.78 is 6.24. The molecule has 1 aromatic heterocycles. The molecule has 0 atom stereocenters. The molecule has 2 aromatic rings. The summed E-state index contributed by atoms with van der Waals surface area (Å²) in [5.74, 6) is -0.499. The number of hydrogen-bond donors (Lipinski definition) is 2. The van der Waals surface area contributed by atoms with Crippen molar-refractivity contribution in [2.75, 3.05) is 50.1 Å². The summed E-state index contributed by atoms with van der Waals surface area (Å²) in [5.41, 5.74) is 0.995. The molecule has 0 radical (unpaired) electrons. The number of carbonyl (C=O) groups is 2. The van der Waals surface area contributed by atoms with Crippen molar-refractivity contribution >= 4 is 29.2 Å². The molecule has 0 bridgehead atoms. The third-order valence-electron chi connectivity index (χ3n) is 6.25. The van der Waals surface area contributed by atoms with Crippen LogP contribution in [0.3, 0.4) is 0 Å². The minimum Gasteiger partial charge on any atom is -0.448 e. The third-order valence-corrected chi connectivity index (χ3v) is 6.25. The van der Waals surface area contributed by atoms with Gasteiger partial charge in [-0.3, -0.25) is 14.9 Å². The lowest BCUT2D eigenvalue weighted by atomic mass is 10.0. The molecule has 0 aliphatic carbocycles. The number of amides is 1. The fraction of sp³-hybridized carbons (Fsp3) is 0.500. The Morgan fingerprint density at radius 2 is 1.97 bits per heavy atom. The van der Waals surface area contributed by atoms with Crippen molar-refractivity contribution in [3.63, 3.8) is 0 Å². The number of nitro groups is 1. The van der Waals surface area contributed by atoms with Crippen LogP contribution in [0.15, 0.2) is 18.2 Å². The first-order valence-electron chi connectivity index (χ1n) is 11.2. The van der Waals surface area contributed by atoms with E-state index in [1.54, 1.807) is 13.0 Å². The number of fused-ring (bicyclic) bond motifs is 1. The normalized spacial score (nSPS) is 17.4. The topological polar surface area (TPSA) is 135 Å². The van der Waals surface area contributed by atoms with Gasteiger partial charge in [-0.25, -0.2) is 4.79 Å². The van der Waals surface area contributed by atoms with Crippen LogP contribution in [0.25, 0.3) is 0 Å². The Morgan fingerprint density at radius 3 is 2.62 bits per heavy atom. The van der Waals surface area contributed by atoms with Crippen molar-refractivity contribution in [1.82, 2.24) is 20.0 Å². The Kier molecular flexibility index (Phi) is 6.28. The van der Waals surface area contributed by atoms with Gasteiger partial charge in [0.2, 0.25) is 0 Å². The van der Waals surface area contributed by atoms with Gasteiger partial charge in [-0.2, -0.15) is 4.68 Å². The molecule has 0 unspecified atom stereocenters. The summed E-state index contributed by atoms with van der Waals surface area (Å²) in [6.45, 7) is 9.24. The van der Waals surface area contributed by atoms with E-state index in [2.05, 4.69) is 25.5 Å². The largest absolute Gasteiger partial charge is 0.448 e. The molecule has 12 nitrogen and oxygen atoms in total. The highest BCUT2D eigenvalue weighted by Gasteiger charge is 2.39. The van der Waals surface area contributed by atoms with Crippen LogP contribution in [0, 0.1) is 10.1 Å². The number of piperazine rings is 1. The predicted octanol–water partition coefficient (Wildman–Crippen LogP) is 2.14. The summed E-state index contributed by atoms with van der Waals surface area (Å²) in [6, 6.07) is 4.62. The summed E-state index contributed by atoms with van der Waals surface area (Å²) in [6.07, 6.45) is -0.654. The molecule has 3 heterocycles. The molecule has 1 amide bonds. The third kappa shape index (κ3) is 4.33. The van der Waals surface area contributed by atoms with Crippen LogP contribution >= 0.6 is 0 Å². The fourth-order valence-electron chi connectivity index (χ4n) is 4.37. The van der Waals surface area contributed by atoms with Gasteiger partial charge in [0.25, 0.3) is 11.6 Å². The standard InChI is InChI=1S/C22H29N7O5/c1-5-34-21(31)28-18-16(13-23-22(18,2)3)19(25-28)24-20(30)15-7-6-14(12-17(15)29(32)33)27-10-8-26(4)9-11-27/h6-7,12,23H,5,8-11,13H2,1-4H3,(H,24,25,30). The van der Waals surface area contributed by atoms with E-state index in [1.807, 2.05) is 20.9 Å². The molecule has 1 saturated heterocycles. The van der Waals surface area contributed by atoms with Gasteiger partial charge >= 0.3 is 6.09 Å². The minimum atomic E-state index is -0.669. The quantitative estimate of drug-likeness (QED) is 0.497. The van der Waals surface area contributed by atoms with E-state index in [-0.39, 0.29) is 23.7 Å². The second-order valence-electron chi connectivity index (χ2n) is 8.97. The van der Waals surface area contributed by atoms with Crippen molar-refractivity contribution in [2.45, 2.75) is 32.9 Å². The van der Waals surface area contributed by atoms with Crippen molar-refractivity contribution in [3.05, 3.63) is 45.1 Å². The van der Waals surface area contributed by atoms with Crippen molar-refractivity contribution < 1.29 is 19.2 Å². The number of benzene rings is 1. The Morgan fingerprint density at radius 1 is 1.26 bits per heavy atom. The van der Waals surface area contributed by atoms with E-state index < -0.39 is 22.5 Å². The Hall–Kier alpha value is -3.51. The molecule has 2 aliphatic heterocycles. The lowest BCUT2D eigenvalue weighted by molar-refractivity contribution is -0.385. The van der Waals surface area contributed by atoms with Crippen LogP contribution < -0.4 is 15.5 Å². The van der Waals surface area contributed by atoms with Crippen molar-refractivity contribution in [1.29, 1.82) is 0 Å². The lowest BCUT2D eigenvalue weighted by Gasteiger charge is -2.34. The Balaban J connectivity index is 1.64. The second-order valence-corrected chi connectivity index (χ2v) is 8.97. The molecular weight excluding hydrogens is 442 g/mol. The molecular formula is C22H29N7O5. The lowest BCUT2D eigenvalue weighted by Crippen LogP contribution is -2.44. The van der Waals surface area contributed by atoms with Crippen LogP contribution in [-0.4, -0.2) is 71.4 Å². The van der Waals surface area contributed by atoms with Crippen LogP contribution in [0.5, 0.6) is 0 Å². The van der Waals surface area contributed by atoms with Crippen LogP contribution in [0.2, 0.25) is 0 Å². The van der Waals surface area contributed by atoms with E-state index in [0.717, 1.165) is 30.9 Å². The first-order valence-corrected chi connectivity index (χ1v) is 11.2. The van der Waals surface area contributed by atoms with E-state index in [0.29, 0.717) is 23.5 Å². The molecule has 0 spiro atoms. The van der Waals surface area contributed by atoms with Gasteiger partial charge in [-0.15, -0.1) is 5.10 Å². The predicted molar refractivity (Wildman–Crippen MR) is 125 cm³/mol. The van der Waals surface area contributed by atoms with Gasteiger partial charge in [0.05, 0.1) is 22.8 Å². The van der Waals surface area contributed by atoms with E-state index in [4.69, 9.17) is 4.74 Å². The van der Waals surface area contributed by atoms with Gasteiger partial charge < -0.3 is 25.2 Å². The molecule has 1 fully saturated rings. The SMILES string of the molecule is CCOC(=O)n1nc(NC(=O)c2ccc(N3CCN(C)CC3)cc2[N+](=O)[O-])c2c1C(C)(C)NC2. The number of aromatic nitrogens is 2. The number of ether oxygens (including phenoxy) is 1. The van der Waals surface area contributed by atoms with Crippen molar-refractivity contribution in [3.8, 4) is 0 Å². The maximum atomic E-state index is 13.1. The molecule has 2 N–H and O–H groups in total. The van der Waals surface area contributed by atoms with Gasteiger partial charge in [0, 0.05) is 50.0 Å². The zero-order chi connectivity index (χ0) is 24.6. The van der Waals surface area contributed by atoms with Crippen molar-refractivity contribution in [2.24, 2.45) is 0 Å². The molecule has 34 heavy (non-hydrogen) atoms. The van der Waals surface area contributed by atoms with Crippen LogP contribution in [0.1, 0.15) is 42.4 Å². The molecule has 182 valence electrons. The Bertz CT molecular complexity index is 1130. The monoisotopic (exact) mass is 471 g/mol. The average Bonchev–Trinajstić information content (AvgIpc) is 3.32. The van der Waals surface area contributed by atoms with Gasteiger partial charge in [-0.05, 0) is 40.0 Å². The fourth-order valence-corrected chi connectivity index (χ4v) is 4.37. The van der Waals surface area contributed by atoms with Gasteiger partial charge in [0.15, 0.2) is 5.82 Å². The smallest absolute Gasteiger partial charge is 0.435 e. The van der Waals surface area contributed by atoms with Gasteiger partial charge in [0.1, 0.15) is 5.56 Å². The highest BCUT2D eigenvalue weighted by molar-refractivity contribution is 6.07. The Labute approximate surface area is 197 Å². The maximum absolute atomic E-state index is 13.1. The zero-order valence-electron chi connectivity index (χ0n) is 19.8. The zero-order valence-corrected chi connectivity index (χ0v) is 19.8. The molecule has 0 saturated carbocycles. The highest BCUT2D eigenvalue weighted by Crippen LogP contribution is 2.36. The average molecular weight is 472 g/mol. The van der Waals surface area contributed by atoms with Gasteiger partial charge in [-0.1, -0.05) is 0 Å². The van der Waals surface area contributed by atoms with E-state index >= 15 is 0 Å². The number of nitrogens with zero attached hydrogens (tertiary/aromatic N) is 5. The minimum absolute atomic E-state index is 0.0764. The summed E-state index contributed by atoms with van der Waals surface area (Å²) in [4.78, 5) is 41.1. The number of anilines is 2. The number of rotatable bonds is 5. The maximum Gasteiger partial charge on any atom is 0.435 e. The van der Waals surface area contributed by atoms with E-state index in [1.165, 1.54) is 12.1 Å². The summed E-state index contributed by atoms with van der Waals surface area (Å²) in [5, 5.41) is 22.0.